The molecule has 0 aliphatic heterocycles. The molecule has 3 aromatic carbocycles. The average molecular weight is 405 g/mol. The Kier molecular flexibility index (Phi) is 5.83. The molecule has 0 aromatic heterocycles. The Morgan fingerprint density at radius 2 is 1.48 bits per heavy atom. The second-order valence-corrected chi connectivity index (χ2v) is 9.03. The molecule has 0 N–H and O–H groups in total. The highest BCUT2D eigenvalue weighted by molar-refractivity contribution is 5.88. The zero-order valence-corrected chi connectivity index (χ0v) is 19.4. The van der Waals surface area contributed by atoms with E-state index in [-0.39, 0.29) is 5.41 Å². The fourth-order valence-electron chi connectivity index (χ4n) is 4.97. The third-order valence-corrected chi connectivity index (χ3v) is 6.85. The van der Waals surface area contributed by atoms with Gasteiger partial charge in [-0.05, 0) is 78.1 Å². The van der Waals surface area contributed by atoms with Crippen LogP contribution in [-0.4, -0.2) is 0 Å². The van der Waals surface area contributed by atoms with Gasteiger partial charge in [0.25, 0.3) is 0 Å². The van der Waals surface area contributed by atoms with Crippen molar-refractivity contribution in [2.75, 3.05) is 0 Å². The van der Waals surface area contributed by atoms with Gasteiger partial charge in [-0.1, -0.05) is 103 Å². The van der Waals surface area contributed by atoms with E-state index in [9.17, 15) is 0 Å². The Morgan fingerprint density at radius 3 is 2.19 bits per heavy atom. The maximum absolute atomic E-state index is 2.43. The first-order valence-corrected chi connectivity index (χ1v) is 11.2. The van der Waals surface area contributed by atoms with Crippen LogP contribution in [0.25, 0.3) is 21.9 Å². The summed E-state index contributed by atoms with van der Waals surface area (Å²) in [5.41, 5.74) is 6.97. The molecule has 0 saturated carbocycles. The van der Waals surface area contributed by atoms with Gasteiger partial charge in [-0.25, -0.2) is 0 Å². The van der Waals surface area contributed by atoms with Crippen molar-refractivity contribution < 1.29 is 0 Å². The van der Waals surface area contributed by atoms with Crippen molar-refractivity contribution in [1.29, 1.82) is 0 Å². The van der Waals surface area contributed by atoms with Gasteiger partial charge in [0.1, 0.15) is 0 Å². The number of benzene rings is 3. The van der Waals surface area contributed by atoms with Crippen molar-refractivity contribution in [3.05, 3.63) is 118 Å². The minimum atomic E-state index is -0.0642. The number of fused-ring (bicyclic) bond motifs is 2. The monoisotopic (exact) mass is 404 g/mol. The van der Waals surface area contributed by atoms with Crippen molar-refractivity contribution >= 4 is 21.9 Å². The standard InChI is InChI=1S/C31H32/c1-6-7-8-15-27-21-31(5,23(4)22(2)3)30(29-17-12-11-16-28(27)29)26-19-18-24-13-9-10-14-25(24)20-26/h6-20H,21H2,1-5H3/b7-6-,15-8-. The van der Waals surface area contributed by atoms with E-state index in [1.807, 2.05) is 0 Å². The predicted molar refractivity (Wildman–Crippen MR) is 136 cm³/mol. The smallest absolute Gasteiger partial charge is 0.0186 e. The molecule has 3 aromatic rings. The van der Waals surface area contributed by atoms with E-state index < -0.39 is 0 Å². The average Bonchev–Trinajstić information content (AvgIpc) is 2.78. The molecule has 31 heavy (non-hydrogen) atoms. The van der Waals surface area contributed by atoms with Crippen molar-refractivity contribution in [1.82, 2.24) is 0 Å². The summed E-state index contributed by atoms with van der Waals surface area (Å²) in [6.45, 7) is 11.3. The van der Waals surface area contributed by atoms with Crippen LogP contribution in [0, 0.1) is 5.41 Å². The van der Waals surface area contributed by atoms with Gasteiger partial charge < -0.3 is 0 Å². The molecular formula is C31H32. The highest BCUT2D eigenvalue weighted by Gasteiger charge is 2.36. The van der Waals surface area contributed by atoms with Crippen LogP contribution in [0.4, 0.5) is 0 Å². The Hall–Kier alpha value is -3.12. The van der Waals surface area contributed by atoms with Gasteiger partial charge in [-0.3, -0.25) is 0 Å². The maximum atomic E-state index is 2.43. The minimum Gasteiger partial charge on any atom is -0.0877 e. The van der Waals surface area contributed by atoms with Crippen molar-refractivity contribution in [2.24, 2.45) is 5.41 Å². The van der Waals surface area contributed by atoms with Crippen LogP contribution >= 0.6 is 0 Å². The molecule has 1 atom stereocenters. The van der Waals surface area contributed by atoms with Crippen LogP contribution in [0.15, 0.2) is 102 Å². The molecule has 0 spiro atoms. The molecule has 0 bridgehead atoms. The van der Waals surface area contributed by atoms with Crippen molar-refractivity contribution in [3.63, 3.8) is 0 Å². The zero-order chi connectivity index (χ0) is 22.0. The van der Waals surface area contributed by atoms with Crippen LogP contribution in [0.3, 0.4) is 0 Å². The van der Waals surface area contributed by atoms with Gasteiger partial charge in [-0.2, -0.15) is 0 Å². The zero-order valence-electron chi connectivity index (χ0n) is 19.4. The highest BCUT2D eigenvalue weighted by atomic mass is 14.4. The molecule has 0 fully saturated rings. The largest absolute Gasteiger partial charge is 0.0877 e. The summed E-state index contributed by atoms with van der Waals surface area (Å²) in [5, 5.41) is 5.29. The van der Waals surface area contributed by atoms with Gasteiger partial charge in [0.2, 0.25) is 0 Å². The molecule has 0 nitrogen and oxygen atoms in total. The molecule has 156 valence electrons. The van der Waals surface area contributed by atoms with Crippen LogP contribution < -0.4 is 10.4 Å². The molecule has 0 radical (unpaired) electrons. The SMILES string of the molecule is C/C=C\C=C/C1=c2ccccc2=C(c2ccc3ccccc3c2)C(C)(C(C)=C(C)C)C1. The van der Waals surface area contributed by atoms with E-state index in [0.29, 0.717) is 0 Å². The number of rotatable bonds is 4. The lowest BCUT2D eigenvalue weighted by molar-refractivity contribution is 0.537. The quantitative estimate of drug-likeness (QED) is 0.322. The lowest BCUT2D eigenvalue weighted by atomic mass is 9.65. The topological polar surface area (TPSA) is 0 Å². The van der Waals surface area contributed by atoms with E-state index in [2.05, 4.69) is 126 Å². The Bertz CT molecular complexity index is 1340. The summed E-state index contributed by atoms with van der Waals surface area (Å²) >= 11 is 0. The van der Waals surface area contributed by atoms with E-state index in [1.54, 1.807) is 0 Å². The summed E-state index contributed by atoms with van der Waals surface area (Å²) in [4.78, 5) is 0. The summed E-state index contributed by atoms with van der Waals surface area (Å²) < 4.78 is 0. The van der Waals surface area contributed by atoms with E-state index in [4.69, 9.17) is 0 Å². The van der Waals surface area contributed by atoms with E-state index in [0.717, 1.165) is 6.42 Å². The third kappa shape index (κ3) is 3.83. The summed E-state index contributed by atoms with van der Waals surface area (Å²) in [5.74, 6) is 0. The summed E-state index contributed by atoms with van der Waals surface area (Å²) in [6, 6.07) is 24.5. The van der Waals surface area contributed by atoms with Gasteiger partial charge in [0, 0.05) is 5.41 Å². The van der Waals surface area contributed by atoms with E-state index >= 15 is 0 Å². The maximum Gasteiger partial charge on any atom is 0.0186 e. The Morgan fingerprint density at radius 1 is 0.806 bits per heavy atom. The van der Waals surface area contributed by atoms with Crippen LogP contribution in [0.5, 0.6) is 0 Å². The molecule has 4 rings (SSSR count). The molecule has 1 aliphatic carbocycles. The molecule has 0 heteroatoms. The van der Waals surface area contributed by atoms with Gasteiger partial charge in [-0.15, -0.1) is 0 Å². The Labute approximate surface area is 186 Å². The first-order valence-electron chi connectivity index (χ1n) is 11.2. The lowest BCUT2D eigenvalue weighted by Gasteiger charge is -2.38. The first kappa shape index (κ1) is 21.1. The number of hydrogen-bond donors (Lipinski definition) is 0. The lowest BCUT2D eigenvalue weighted by Crippen LogP contribution is -2.40. The molecule has 1 aliphatic rings. The molecule has 0 saturated heterocycles. The van der Waals surface area contributed by atoms with Crippen molar-refractivity contribution in [3.8, 4) is 0 Å². The normalized spacial score (nSPS) is 18.7. The summed E-state index contributed by atoms with van der Waals surface area (Å²) in [6.07, 6.45) is 9.66. The molecule has 0 amide bonds. The molecular weight excluding hydrogens is 372 g/mol. The first-order chi connectivity index (χ1) is 15.0. The van der Waals surface area contributed by atoms with Crippen LogP contribution in [0.1, 0.15) is 46.6 Å². The van der Waals surface area contributed by atoms with Gasteiger partial charge >= 0.3 is 0 Å². The van der Waals surface area contributed by atoms with Crippen LogP contribution in [-0.2, 0) is 0 Å². The summed E-state index contributed by atoms with van der Waals surface area (Å²) in [7, 11) is 0. The second kappa shape index (κ2) is 8.55. The van der Waals surface area contributed by atoms with E-state index in [1.165, 1.54) is 49.1 Å². The molecule has 0 heterocycles. The second-order valence-electron chi connectivity index (χ2n) is 9.03. The third-order valence-electron chi connectivity index (χ3n) is 6.85. The van der Waals surface area contributed by atoms with Gasteiger partial charge in [0.05, 0.1) is 0 Å². The van der Waals surface area contributed by atoms with Crippen LogP contribution in [0.2, 0.25) is 0 Å². The Balaban J connectivity index is 2.13. The fourth-order valence-corrected chi connectivity index (χ4v) is 4.97. The van der Waals surface area contributed by atoms with Crippen molar-refractivity contribution in [2.45, 2.75) is 41.0 Å². The fraction of sp³-hybridized carbons (Fsp3) is 0.226. The highest BCUT2D eigenvalue weighted by Crippen LogP contribution is 2.47. The number of allylic oxidation sites excluding steroid dienone is 6. The number of hydrogen-bond acceptors (Lipinski definition) is 0. The molecule has 1 unspecified atom stereocenters. The predicted octanol–water partition coefficient (Wildman–Crippen LogP) is 7.09. The minimum absolute atomic E-state index is 0.0642. The van der Waals surface area contributed by atoms with Gasteiger partial charge in [0.15, 0.2) is 0 Å².